The third kappa shape index (κ3) is 4.91. The van der Waals surface area contributed by atoms with Crippen LogP contribution >= 0.6 is 0 Å². The number of nitrogens with one attached hydrogen (secondary N) is 2. The van der Waals surface area contributed by atoms with Crippen molar-refractivity contribution in [3.05, 3.63) is 29.9 Å². The van der Waals surface area contributed by atoms with Crippen LogP contribution in [-0.2, 0) is 0 Å². The second kappa shape index (κ2) is 7.25. The number of nitrogens with zero attached hydrogens (tertiary/aromatic N) is 2. The second-order valence-corrected chi connectivity index (χ2v) is 4.65. The fourth-order valence-electron chi connectivity index (χ4n) is 1.72. The van der Waals surface area contributed by atoms with E-state index in [0.29, 0.717) is 0 Å². The first kappa shape index (κ1) is 17.7. The zero-order valence-electron chi connectivity index (χ0n) is 12.0. The van der Waals surface area contributed by atoms with Crippen molar-refractivity contribution in [2.75, 3.05) is 25.0 Å². The topological polar surface area (TPSA) is 100 Å². The Bertz CT molecular complexity index is 717. The first-order valence-electron chi connectivity index (χ1n) is 6.63. The van der Waals surface area contributed by atoms with Crippen molar-refractivity contribution >= 4 is 11.8 Å². The van der Waals surface area contributed by atoms with Crippen LogP contribution in [0.15, 0.2) is 22.9 Å². The third-order valence-corrected chi connectivity index (χ3v) is 2.78. The highest BCUT2D eigenvalue weighted by Crippen LogP contribution is 2.22. The highest BCUT2D eigenvalue weighted by atomic mass is 19.4. The monoisotopic (exact) mass is 348 g/mol. The summed E-state index contributed by atoms with van der Waals surface area (Å²) in [7, 11) is 0. The Morgan fingerprint density at radius 1 is 1.29 bits per heavy atom. The maximum atomic E-state index is 13.9. The predicted molar refractivity (Wildman–Crippen MR) is 74.1 cm³/mol. The number of anilines is 1. The third-order valence-electron chi connectivity index (χ3n) is 2.78. The van der Waals surface area contributed by atoms with Gasteiger partial charge in [-0.3, -0.25) is 0 Å². The summed E-state index contributed by atoms with van der Waals surface area (Å²) in [5, 5.41) is 16.9. The molecule has 2 rings (SSSR count). The molecule has 0 atom stereocenters. The number of carbonyl (C=O) groups is 1. The average Bonchev–Trinajstić information content (AvgIpc) is 2.97. The molecule has 0 fully saturated rings. The lowest BCUT2D eigenvalue weighted by atomic mass is 10.2. The van der Waals surface area contributed by atoms with Crippen molar-refractivity contribution < 1.29 is 32.0 Å². The van der Waals surface area contributed by atoms with E-state index in [4.69, 9.17) is 5.11 Å². The van der Waals surface area contributed by atoms with E-state index in [1.165, 1.54) is 6.20 Å². The number of alkyl halides is 3. The first-order chi connectivity index (χ1) is 11.3. The number of aromatic carboxylic acids is 1. The molecule has 0 saturated carbocycles. The predicted octanol–water partition coefficient (Wildman–Crippen LogP) is 2.14. The molecule has 0 bridgehead atoms. The van der Waals surface area contributed by atoms with Crippen LogP contribution in [0.3, 0.4) is 0 Å². The summed E-state index contributed by atoms with van der Waals surface area (Å²) in [6, 6.07) is 2.18. The van der Waals surface area contributed by atoms with Crippen molar-refractivity contribution in [1.82, 2.24) is 15.5 Å². The Labute approximate surface area is 132 Å². The van der Waals surface area contributed by atoms with E-state index >= 15 is 0 Å². The van der Waals surface area contributed by atoms with Gasteiger partial charge >= 0.3 is 12.1 Å². The minimum atomic E-state index is -4.31. The number of carboxylic acid groups (broad SMARTS) is 1. The van der Waals surface area contributed by atoms with Gasteiger partial charge in [0.2, 0.25) is 5.76 Å². The largest absolute Gasteiger partial charge is 0.475 e. The molecule has 0 saturated heterocycles. The van der Waals surface area contributed by atoms with E-state index in [1.54, 1.807) is 0 Å². The maximum absolute atomic E-state index is 13.9. The molecule has 0 spiro atoms. The summed E-state index contributed by atoms with van der Waals surface area (Å²) in [6.45, 7) is -1.14. The quantitative estimate of drug-likeness (QED) is 0.521. The molecule has 0 aromatic carbocycles. The van der Waals surface area contributed by atoms with Crippen LogP contribution in [0.2, 0.25) is 0 Å². The molecule has 24 heavy (non-hydrogen) atoms. The smallest absolute Gasteiger partial charge is 0.401 e. The molecule has 0 radical (unpaired) electrons. The molecule has 0 aliphatic carbocycles. The van der Waals surface area contributed by atoms with Gasteiger partial charge in [-0.05, 0) is 6.07 Å². The van der Waals surface area contributed by atoms with Gasteiger partial charge in [-0.1, -0.05) is 5.16 Å². The van der Waals surface area contributed by atoms with E-state index in [1.807, 2.05) is 0 Å². The molecule has 0 aliphatic heterocycles. The summed E-state index contributed by atoms with van der Waals surface area (Å²) >= 11 is 0. The van der Waals surface area contributed by atoms with E-state index < -0.39 is 30.3 Å². The van der Waals surface area contributed by atoms with Gasteiger partial charge in [0.15, 0.2) is 11.6 Å². The van der Waals surface area contributed by atoms with Crippen molar-refractivity contribution in [1.29, 1.82) is 0 Å². The first-order valence-corrected chi connectivity index (χ1v) is 6.63. The molecule has 2 heterocycles. The standard InChI is InChI=1S/C13H12F4N4O3/c14-8-3-7(9-4-10(12(22)23)24-21-9)5-20-11(8)19-2-1-18-6-13(15,16)17/h3-5,18H,1-2,6H2,(H,19,20)(H,22,23). The van der Waals surface area contributed by atoms with Gasteiger partial charge in [0.25, 0.3) is 0 Å². The number of halogens is 4. The van der Waals surface area contributed by atoms with Crippen molar-refractivity contribution in [3.63, 3.8) is 0 Å². The van der Waals surface area contributed by atoms with Gasteiger partial charge in [0.05, 0.1) is 6.54 Å². The minimum absolute atomic E-state index is 0.0341. The van der Waals surface area contributed by atoms with E-state index in [9.17, 15) is 22.4 Å². The molecule has 11 heteroatoms. The van der Waals surface area contributed by atoms with Gasteiger partial charge in [-0.25, -0.2) is 14.2 Å². The summed E-state index contributed by atoms with van der Waals surface area (Å²) in [5.41, 5.74) is 0.293. The molecule has 2 aromatic heterocycles. The maximum Gasteiger partial charge on any atom is 0.401 e. The van der Waals surface area contributed by atoms with Crippen molar-refractivity contribution in [2.45, 2.75) is 6.18 Å². The van der Waals surface area contributed by atoms with Crippen molar-refractivity contribution in [2.24, 2.45) is 0 Å². The Balaban J connectivity index is 1.93. The van der Waals surface area contributed by atoms with Crippen LogP contribution in [0.5, 0.6) is 0 Å². The molecule has 0 aliphatic rings. The number of aromatic nitrogens is 2. The SMILES string of the molecule is O=C(O)c1cc(-c2cnc(NCCNCC(F)(F)F)c(F)c2)no1. The van der Waals surface area contributed by atoms with Crippen LogP contribution in [0.1, 0.15) is 10.6 Å². The van der Waals surface area contributed by atoms with Gasteiger partial charge in [-0.15, -0.1) is 0 Å². The molecule has 7 nitrogen and oxygen atoms in total. The summed E-state index contributed by atoms with van der Waals surface area (Å²) in [5.74, 6) is -2.62. The van der Waals surface area contributed by atoms with Crippen LogP contribution in [0.25, 0.3) is 11.3 Å². The lowest BCUT2D eigenvalue weighted by Gasteiger charge is -2.10. The zero-order valence-corrected chi connectivity index (χ0v) is 12.0. The molecule has 130 valence electrons. The zero-order chi connectivity index (χ0) is 17.7. The number of rotatable bonds is 7. The van der Waals surface area contributed by atoms with Crippen LogP contribution < -0.4 is 10.6 Å². The molecular weight excluding hydrogens is 336 g/mol. The van der Waals surface area contributed by atoms with Crippen LogP contribution in [0.4, 0.5) is 23.4 Å². The summed E-state index contributed by atoms with van der Waals surface area (Å²) < 4.78 is 54.2. The molecule has 2 aromatic rings. The summed E-state index contributed by atoms with van der Waals surface area (Å²) in [6.07, 6.45) is -3.07. The number of hydrogen-bond donors (Lipinski definition) is 3. The van der Waals surface area contributed by atoms with E-state index in [-0.39, 0.29) is 30.2 Å². The van der Waals surface area contributed by atoms with E-state index in [2.05, 4.69) is 25.3 Å². The highest BCUT2D eigenvalue weighted by molar-refractivity contribution is 5.85. The second-order valence-electron chi connectivity index (χ2n) is 4.65. The van der Waals surface area contributed by atoms with Crippen LogP contribution in [0, 0.1) is 5.82 Å². The van der Waals surface area contributed by atoms with Gasteiger partial charge in [-0.2, -0.15) is 13.2 Å². The Kier molecular flexibility index (Phi) is 5.34. The lowest BCUT2D eigenvalue weighted by Crippen LogP contribution is -2.32. The molecule has 0 amide bonds. The summed E-state index contributed by atoms with van der Waals surface area (Å²) in [4.78, 5) is 14.5. The molecule has 3 N–H and O–H groups in total. The number of carboxylic acids is 1. The van der Waals surface area contributed by atoms with Crippen LogP contribution in [-0.4, -0.2) is 47.0 Å². The fourth-order valence-corrected chi connectivity index (χ4v) is 1.72. The number of pyridine rings is 1. The minimum Gasteiger partial charge on any atom is -0.475 e. The fraction of sp³-hybridized carbons (Fsp3) is 0.308. The highest BCUT2D eigenvalue weighted by Gasteiger charge is 2.25. The Hall–Kier alpha value is -2.69. The van der Waals surface area contributed by atoms with E-state index in [0.717, 1.165) is 12.1 Å². The average molecular weight is 348 g/mol. The Morgan fingerprint density at radius 2 is 2.04 bits per heavy atom. The molecular formula is C13H12F4N4O3. The Morgan fingerprint density at radius 3 is 2.62 bits per heavy atom. The van der Waals surface area contributed by atoms with Gasteiger partial charge in [0.1, 0.15) is 5.69 Å². The molecule has 0 unspecified atom stereocenters. The van der Waals surface area contributed by atoms with Gasteiger partial charge < -0.3 is 20.3 Å². The normalized spacial score (nSPS) is 11.5. The van der Waals surface area contributed by atoms with Crippen molar-refractivity contribution in [3.8, 4) is 11.3 Å². The van der Waals surface area contributed by atoms with Gasteiger partial charge in [0, 0.05) is 30.9 Å². The lowest BCUT2D eigenvalue weighted by molar-refractivity contribution is -0.124. The number of hydrogen-bond acceptors (Lipinski definition) is 6.